The van der Waals surface area contributed by atoms with Crippen LogP contribution in [0.4, 0.5) is 5.95 Å². The highest BCUT2D eigenvalue weighted by atomic mass is 35.5. The second kappa shape index (κ2) is 6.37. The summed E-state index contributed by atoms with van der Waals surface area (Å²) in [5, 5.41) is 3.76. The van der Waals surface area contributed by atoms with Crippen molar-refractivity contribution in [2.45, 2.75) is 19.8 Å². The normalized spacial score (nSPS) is 14.2. The molecule has 0 aliphatic carbocycles. The molecule has 1 aliphatic heterocycles. The first-order valence-electron chi connectivity index (χ1n) is 8.29. The maximum absolute atomic E-state index is 12.3. The van der Waals surface area contributed by atoms with E-state index in [1.165, 1.54) is 17.5 Å². The summed E-state index contributed by atoms with van der Waals surface area (Å²) in [6, 6.07) is 8.66. The number of aromatic amines is 1. The van der Waals surface area contributed by atoms with E-state index in [0.29, 0.717) is 10.7 Å². The Morgan fingerprint density at radius 1 is 1.16 bits per heavy atom. The van der Waals surface area contributed by atoms with Gasteiger partial charge in [0.2, 0.25) is 5.95 Å². The Bertz CT molecular complexity index is 954. The Labute approximate surface area is 150 Å². The summed E-state index contributed by atoms with van der Waals surface area (Å²) in [5.41, 5.74) is 2.97. The molecular formula is C18H18ClN5O. The maximum Gasteiger partial charge on any atom is 0.271 e. The molecule has 25 heavy (non-hydrogen) atoms. The van der Waals surface area contributed by atoms with Crippen LogP contribution in [-0.2, 0) is 0 Å². The maximum atomic E-state index is 12.3. The van der Waals surface area contributed by atoms with Gasteiger partial charge in [-0.1, -0.05) is 11.6 Å². The van der Waals surface area contributed by atoms with Crippen molar-refractivity contribution in [2.24, 2.45) is 0 Å². The fraction of sp³-hybridized carbons (Fsp3) is 0.278. The summed E-state index contributed by atoms with van der Waals surface area (Å²) in [7, 11) is 0. The smallest absolute Gasteiger partial charge is 0.271 e. The van der Waals surface area contributed by atoms with Gasteiger partial charge in [-0.3, -0.25) is 9.89 Å². The molecule has 1 fully saturated rings. The minimum Gasteiger partial charge on any atom is -0.341 e. The molecule has 7 heteroatoms. The first-order chi connectivity index (χ1) is 12.1. The van der Waals surface area contributed by atoms with Crippen molar-refractivity contribution in [1.82, 2.24) is 19.7 Å². The van der Waals surface area contributed by atoms with Gasteiger partial charge in [0, 0.05) is 35.9 Å². The zero-order valence-electron chi connectivity index (χ0n) is 13.9. The number of H-pyrrole nitrogens is 1. The topological polar surface area (TPSA) is 66.8 Å². The largest absolute Gasteiger partial charge is 0.341 e. The summed E-state index contributed by atoms with van der Waals surface area (Å²) in [4.78, 5) is 23.6. The van der Waals surface area contributed by atoms with Gasteiger partial charge in [0.05, 0.1) is 17.1 Å². The standard InChI is InChI=1S/C18H18ClN5O/c1-12-15(11-20-18(21-12)23-8-2-3-9-23)16-10-17(25)24(22-16)14-6-4-13(19)5-7-14/h4-7,10-11,22H,2-3,8-9H2,1H3. The van der Waals surface area contributed by atoms with E-state index < -0.39 is 0 Å². The van der Waals surface area contributed by atoms with Gasteiger partial charge in [-0.05, 0) is 44.0 Å². The van der Waals surface area contributed by atoms with E-state index in [4.69, 9.17) is 11.6 Å². The van der Waals surface area contributed by atoms with E-state index in [2.05, 4.69) is 20.0 Å². The molecular weight excluding hydrogens is 338 g/mol. The van der Waals surface area contributed by atoms with Gasteiger partial charge in [0.1, 0.15) is 0 Å². The Kier molecular flexibility index (Phi) is 4.05. The van der Waals surface area contributed by atoms with Crippen molar-refractivity contribution in [2.75, 3.05) is 18.0 Å². The second-order valence-electron chi connectivity index (χ2n) is 6.18. The van der Waals surface area contributed by atoms with Gasteiger partial charge in [-0.2, -0.15) is 0 Å². The lowest BCUT2D eigenvalue weighted by atomic mass is 10.2. The highest BCUT2D eigenvalue weighted by molar-refractivity contribution is 6.30. The van der Waals surface area contributed by atoms with Gasteiger partial charge < -0.3 is 4.90 Å². The summed E-state index contributed by atoms with van der Waals surface area (Å²) in [6.07, 6.45) is 4.15. The molecule has 0 saturated carbocycles. The van der Waals surface area contributed by atoms with Crippen molar-refractivity contribution in [3.63, 3.8) is 0 Å². The molecule has 1 N–H and O–H groups in total. The number of aromatic nitrogens is 4. The Morgan fingerprint density at radius 2 is 1.88 bits per heavy atom. The zero-order valence-corrected chi connectivity index (χ0v) is 14.6. The molecule has 1 aromatic carbocycles. The second-order valence-corrected chi connectivity index (χ2v) is 6.62. The van der Waals surface area contributed by atoms with Crippen molar-refractivity contribution in [3.8, 4) is 16.9 Å². The van der Waals surface area contributed by atoms with Gasteiger partial charge in [-0.25, -0.2) is 14.6 Å². The predicted octanol–water partition coefficient (Wildman–Crippen LogP) is 3.18. The minimum absolute atomic E-state index is 0.139. The van der Waals surface area contributed by atoms with E-state index in [1.807, 2.05) is 6.92 Å². The quantitative estimate of drug-likeness (QED) is 0.783. The number of benzene rings is 1. The third-order valence-electron chi connectivity index (χ3n) is 4.45. The van der Waals surface area contributed by atoms with Crippen molar-refractivity contribution in [1.29, 1.82) is 0 Å². The fourth-order valence-corrected chi connectivity index (χ4v) is 3.23. The number of nitrogens with zero attached hydrogens (tertiary/aromatic N) is 4. The van der Waals surface area contributed by atoms with Crippen molar-refractivity contribution in [3.05, 3.63) is 57.6 Å². The monoisotopic (exact) mass is 355 g/mol. The minimum atomic E-state index is -0.139. The molecule has 3 heterocycles. The molecule has 0 radical (unpaired) electrons. The first kappa shape index (κ1) is 15.9. The number of hydrogen-bond donors (Lipinski definition) is 1. The van der Waals surface area contributed by atoms with E-state index in [0.717, 1.165) is 36.0 Å². The summed E-state index contributed by atoms with van der Waals surface area (Å²) in [5.74, 6) is 0.762. The molecule has 3 aromatic rings. The number of rotatable bonds is 3. The van der Waals surface area contributed by atoms with E-state index >= 15 is 0 Å². The molecule has 1 saturated heterocycles. The van der Waals surface area contributed by atoms with Crippen LogP contribution in [0.15, 0.2) is 41.3 Å². The molecule has 0 unspecified atom stereocenters. The number of aryl methyl sites for hydroxylation is 1. The first-order valence-corrected chi connectivity index (χ1v) is 8.66. The van der Waals surface area contributed by atoms with Crippen LogP contribution in [0.3, 0.4) is 0 Å². The summed E-state index contributed by atoms with van der Waals surface area (Å²) in [6.45, 7) is 3.94. The average Bonchev–Trinajstić information content (AvgIpc) is 3.25. The Balaban J connectivity index is 1.69. The highest BCUT2D eigenvalue weighted by Gasteiger charge is 2.17. The Morgan fingerprint density at radius 3 is 2.56 bits per heavy atom. The van der Waals surface area contributed by atoms with E-state index in [-0.39, 0.29) is 5.56 Å². The number of anilines is 1. The van der Waals surface area contributed by atoms with Crippen LogP contribution in [0, 0.1) is 6.92 Å². The molecule has 0 amide bonds. The van der Waals surface area contributed by atoms with E-state index in [9.17, 15) is 4.79 Å². The SMILES string of the molecule is Cc1nc(N2CCCC2)ncc1-c1cc(=O)n(-c2ccc(Cl)cc2)[nH]1. The van der Waals surface area contributed by atoms with Crippen LogP contribution >= 0.6 is 11.6 Å². The lowest BCUT2D eigenvalue weighted by molar-refractivity contribution is 0.849. The molecule has 2 aromatic heterocycles. The van der Waals surface area contributed by atoms with Gasteiger partial charge in [0.25, 0.3) is 5.56 Å². The molecule has 0 spiro atoms. The lowest BCUT2D eigenvalue weighted by Crippen LogP contribution is -2.20. The highest BCUT2D eigenvalue weighted by Crippen LogP contribution is 2.23. The number of hydrogen-bond acceptors (Lipinski definition) is 4. The summed E-state index contributed by atoms with van der Waals surface area (Å²) >= 11 is 5.91. The average molecular weight is 356 g/mol. The van der Waals surface area contributed by atoms with Crippen molar-refractivity contribution < 1.29 is 0 Å². The van der Waals surface area contributed by atoms with Crippen LogP contribution in [0.1, 0.15) is 18.5 Å². The molecule has 4 rings (SSSR count). The van der Waals surface area contributed by atoms with Crippen LogP contribution in [-0.4, -0.2) is 32.8 Å². The van der Waals surface area contributed by atoms with Gasteiger partial charge >= 0.3 is 0 Å². The third-order valence-corrected chi connectivity index (χ3v) is 4.70. The molecule has 6 nitrogen and oxygen atoms in total. The fourth-order valence-electron chi connectivity index (χ4n) is 3.10. The predicted molar refractivity (Wildman–Crippen MR) is 98.6 cm³/mol. The van der Waals surface area contributed by atoms with Crippen LogP contribution in [0.25, 0.3) is 16.9 Å². The van der Waals surface area contributed by atoms with Crippen LogP contribution in [0.2, 0.25) is 5.02 Å². The Hall–Kier alpha value is -2.60. The van der Waals surface area contributed by atoms with Crippen LogP contribution in [0.5, 0.6) is 0 Å². The number of nitrogens with one attached hydrogen (secondary N) is 1. The number of halogens is 1. The van der Waals surface area contributed by atoms with Gasteiger partial charge in [0.15, 0.2) is 0 Å². The third kappa shape index (κ3) is 3.05. The molecule has 128 valence electrons. The molecule has 0 bridgehead atoms. The molecule has 0 atom stereocenters. The molecule has 1 aliphatic rings. The van der Waals surface area contributed by atoms with Gasteiger partial charge in [-0.15, -0.1) is 0 Å². The van der Waals surface area contributed by atoms with Crippen LogP contribution < -0.4 is 10.5 Å². The van der Waals surface area contributed by atoms with E-state index in [1.54, 1.807) is 36.5 Å². The van der Waals surface area contributed by atoms with Crippen molar-refractivity contribution >= 4 is 17.5 Å². The summed E-state index contributed by atoms with van der Waals surface area (Å²) < 4.78 is 1.49. The lowest BCUT2D eigenvalue weighted by Gasteiger charge is -2.16. The zero-order chi connectivity index (χ0) is 17.4.